The molecule has 0 saturated carbocycles. The molecule has 0 aliphatic carbocycles. The summed E-state index contributed by atoms with van der Waals surface area (Å²) in [5.74, 6) is 1.23. The first-order chi connectivity index (χ1) is 9.62. The second-order valence-electron chi connectivity index (χ2n) is 4.96. The van der Waals surface area contributed by atoms with Gasteiger partial charge in [0, 0.05) is 19.1 Å². The van der Waals surface area contributed by atoms with Crippen LogP contribution in [0.15, 0.2) is 0 Å². The summed E-state index contributed by atoms with van der Waals surface area (Å²) in [6.45, 7) is 10.4. The number of unbranched alkanes of at least 4 members (excludes halogenated alkanes) is 1. The number of rotatable bonds is 9. The number of anilines is 2. The zero-order valence-electron chi connectivity index (χ0n) is 13.0. The highest BCUT2D eigenvalue weighted by atomic mass is 35.5. The Balaban J connectivity index is 2.95. The minimum Gasteiger partial charge on any atom is -0.354 e. The molecule has 0 bridgehead atoms. The Morgan fingerprint density at radius 2 is 1.90 bits per heavy atom. The molecule has 1 aromatic heterocycles. The highest BCUT2D eigenvalue weighted by Gasteiger charge is 2.17. The van der Waals surface area contributed by atoms with Crippen molar-refractivity contribution in [2.45, 2.75) is 59.4 Å². The van der Waals surface area contributed by atoms with Gasteiger partial charge in [0.2, 0.25) is 17.2 Å². The third kappa shape index (κ3) is 5.12. The van der Waals surface area contributed by atoms with Crippen LogP contribution in [0.2, 0.25) is 5.28 Å². The van der Waals surface area contributed by atoms with Crippen molar-refractivity contribution in [1.82, 2.24) is 15.0 Å². The lowest BCUT2D eigenvalue weighted by molar-refractivity contribution is 0.581. The molecule has 0 fully saturated rings. The van der Waals surface area contributed by atoms with Gasteiger partial charge in [-0.15, -0.1) is 0 Å². The van der Waals surface area contributed by atoms with E-state index in [1.165, 1.54) is 0 Å². The normalized spacial score (nSPS) is 12.2. The molecule has 0 spiro atoms. The molecule has 114 valence electrons. The summed E-state index contributed by atoms with van der Waals surface area (Å²) >= 11 is 6.03. The lowest BCUT2D eigenvalue weighted by Crippen LogP contribution is -2.35. The van der Waals surface area contributed by atoms with Crippen LogP contribution in [-0.4, -0.2) is 34.1 Å². The van der Waals surface area contributed by atoms with Gasteiger partial charge in [0.15, 0.2) is 0 Å². The van der Waals surface area contributed by atoms with Crippen LogP contribution in [0.1, 0.15) is 53.4 Å². The number of aromatic nitrogens is 3. The second kappa shape index (κ2) is 8.95. The van der Waals surface area contributed by atoms with E-state index in [-0.39, 0.29) is 5.28 Å². The van der Waals surface area contributed by atoms with Crippen LogP contribution in [0.25, 0.3) is 0 Å². The first kappa shape index (κ1) is 17.0. The van der Waals surface area contributed by atoms with Crippen LogP contribution in [-0.2, 0) is 0 Å². The highest BCUT2D eigenvalue weighted by molar-refractivity contribution is 6.28. The molecular weight excluding hydrogens is 274 g/mol. The van der Waals surface area contributed by atoms with Crippen LogP contribution < -0.4 is 10.2 Å². The fourth-order valence-corrected chi connectivity index (χ4v) is 2.01. The standard InChI is InChI=1S/C14H26ClN5/c1-5-8-10-20(11(4)7-3)14-18-12(15)17-13(19-14)16-9-6-2/h11H,5-10H2,1-4H3,(H,16,17,18,19). The number of nitrogens with zero attached hydrogens (tertiary/aromatic N) is 4. The van der Waals surface area contributed by atoms with Crippen molar-refractivity contribution < 1.29 is 0 Å². The third-order valence-electron chi connectivity index (χ3n) is 3.26. The van der Waals surface area contributed by atoms with E-state index in [0.29, 0.717) is 17.9 Å². The molecule has 20 heavy (non-hydrogen) atoms. The predicted octanol–water partition coefficient (Wildman–Crippen LogP) is 3.75. The minimum absolute atomic E-state index is 0.249. The van der Waals surface area contributed by atoms with E-state index in [0.717, 1.165) is 38.8 Å². The maximum Gasteiger partial charge on any atom is 0.231 e. The molecule has 1 aromatic rings. The summed E-state index contributed by atoms with van der Waals surface area (Å²) in [4.78, 5) is 15.1. The van der Waals surface area contributed by atoms with Gasteiger partial charge in [0.1, 0.15) is 0 Å². The van der Waals surface area contributed by atoms with Crippen molar-refractivity contribution in [3.05, 3.63) is 5.28 Å². The van der Waals surface area contributed by atoms with Gasteiger partial charge < -0.3 is 10.2 Å². The monoisotopic (exact) mass is 299 g/mol. The average molecular weight is 300 g/mol. The largest absolute Gasteiger partial charge is 0.354 e. The quantitative estimate of drug-likeness (QED) is 0.752. The number of halogens is 1. The van der Waals surface area contributed by atoms with Gasteiger partial charge in [0.05, 0.1) is 0 Å². The van der Waals surface area contributed by atoms with E-state index in [1.54, 1.807) is 0 Å². The van der Waals surface area contributed by atoms with Crippen molar-refractivity contribution in [3.8, 4) is 0 Å². The number of hydrogen-bond donors (Lipinski definition) is 1. The molecule has 0 aromatic carbocycles. The lowest BCUT2D eigenvalue weighted by atomic mass is 10.2. The van der Waals surface area contributed by atoms with E-state index in [9.17, 15) is 0 Å². The van der Waals surface area contributed by atoms with Gasteiger partial charge in [-0.1, -0.05) is 27.2 Å². The second-order valence-corrected chi connectivity index (χ2v) is 5.30. The Morgan fingerprint density at radius 3 is 2.50 bits per heavy atom. The summed E-state index contributed by atoms with van der Waals surface area (Å²) < 4.78 is 0. The van der Waals surface area contributed by atoms with Crippen LogP contribution in [0.4, 0.5) is 11.9 Å². The van der Waals surface area contributed by atoms with Crippen molar-refractivity contribution in [3.63, 3.8) is 0 Å². The molecule has 6 heteroatoms. The van der Waals surface area contributed by atoms with Crippen molar-refractivity contribution >= 4 is 23.5 Å². The smallest absolute Gasteiger partial charge is 0.231 e. The fourth-order valence-electron chi connectivity index (χ4n) is 1.85. The average Bonchev–Trinajstić information content (AvgIpc) is 2.44. The Bertz CT molecular complexity index is 399. The SMILES string of the molecule is CCCCN(c1nc(Cl)nc(NCCC)n1)C(C)CC. The molecule has 1 atom stereocenters. The van der Waals surface area contributed by atoms with Gasteiger partial charge in [-0.3, -0.25) is 0 Å². The molecule has 0 aliphatic rings. The van der Waals surface area contributed by atoms with Crippen molar-refractivity contribution in [2.24, 2.45) is 0 Å². The summed E-state index contributed by atoms with van der Waals surface area (Å²) in [6, 6.07) is 0.388. The van der Waals surface area contributed by atoms with Crippen molar-refractivity contribution in [1.29, 1.82) is 0 Å². The highest BCUT2D eigenvalue weighted by Crippen LogP contribution is 2.18. The van der Waals surface area contributed by atoms with Gasteiger partial charge >= 0.3 is 0 Å². The Labute approximate surface area is 127 Å². The summed E-state index contributed by atoms with van der Waals surface area (Å²) in [5.41, 5.74) is 0. The van der Waals surface area contributed by atoms with Gasteiger partial charge in [-0.2, -0.15) is 15.0 Å². The Morgan fingerprint density at radius 1 is 1.15 bits per heavy atom. The Hall–Kier alpha value is -1.10. The summed E-state index contributed by atoms with van der Waals surface area (Å²) in [6.07, 6.45) is 4.33. The summed E-state index contributed by atoms with van der Waals surface area (Å²) in [5, 5.41) is 3.42. The van der Waals surface area contributed by atoms with Crippen LogP contribution in [0.3, 0.4) is 0 Å². The maximum atomic E-state index is 6.03. The zero-order chi connectivity index (χ0) is 15.0. The van der Waals surface area contributed by atoms with Crippen molar-refractivity contribution in [2.75, 3.05) is 23.3 Å². The Kier molecular flexibility index (Phi) is 7.59. The minimum atomic E-state index is 0.249. The molecule has 5 nitrogen and oxygen atoms in total. The first-order valence-corrected chi connectivity index (χ1v) is 7.92. The van der Waals surface area contributed by atoms with E-state index >= 15 is 0 Å². The molecule has 1 unspecified atom stereocenters. The van der Waals surface area contributed by atoms with Gasteiger partial charge in [-0.25, -0.2) is 0 Å². The van der Waals surface area contributed by atoms with E-state index in [2.05, 4.69) is 52.9 Å². The van der Waals surface area contributed by atoms with Crippen LogP contribution >= 0.6 is 11.6 Å². The fraction of sp³-hybridized carbons (Fsp3) is 0.786. The van der Waals surface area contributed by atoms with E-state index in [1.807, 2.05) is 0 Å². The molecule has 1 rings (SSSR count). The number of hydrogen-bond acceptors (Lipinski definition) is 5. The molecule has 1 heterocycles. The van der Waals surface area contributed by atoms with Gasteiger partial charge in [-0.05, 0) is 37.8 Å². The number of nitrogens with one attached hydrogen (secondary N) is 1. The van der Waals surface area contributed by atoms with E-state index in [4.69, 9.17) is 11.6 Å². The third-order valence-corrected chi connectivity index (χ3v) is 3.43. The van der Waals surface area contributed by atoms with Gasteiger partial charge in [0.25, 0.3) is 0 Å². The molecular formula is C14H26ClN5. The first-order valence-electron chi connectivity index (χ1n) is 7.54. The molecule has 0 radical (unpaired) electrons. The lowest BCUT2D eigenvalue weighted by Gasteiger charge is -2.28. The maximum absolute atomic E-state index is 6.03. The van der Waals surface area contributed by atoms with E-state index < -0.39 is 0 Å². The summed E-state index contributed by atoms with van der Waals surface area (Å²) in [7, 11) is 0. The molecule has 0 aliphatic heterocycles. The topological polar surface area (TPSA) is 53.9 Å². The molecule has 0 amide bonds. The zero-order valence-corrected chi connectivity index (χ0v) is 13.7. The predicted molar refractivity (Wildman–Crippen MR) is 85.6 cm³/mol. The molecule has 0 saturated heterocycles. The van der Waals surface area contributed by atoms with Crippen LogP contribution in [0.5, 0.6) is 0 Å². The van der Waals surface area contributed by atoms with Crippen LogP contribution in [0, 0.1) is 0 Å². The molecule has 1 N–H and O–H groups in total.